The van der Waals surface area contributed by atoms with Gasteiger partial charge in [0.25, 0.3) is 0 Å². The van der Waals surface area contributed by atoms with E-state index >= 15 is 0 Å². The Morgan fingerprint density at radius 3 is 2.57 bits per heavy atom. The Labute approximate surface area is 125 Å². The maximum Gasteiger partial charge on any atom is 0.411 e. The molecule has 6 heteroatoms. The Bertz CT molecular complexity index is 319. The van der Waals surface area contributed by atoms with Gasteiger partial charge in [0.2, 0.25) is 0 Å². The second-order valence-electron chi connectivity index (χ2n) is 6.68. The predicted octanol–water partition coefficient (Wildman–Crippen LogP) is 2.66. The van der Waals surface area contributed by atoms with Crippen LogP contribution in [0.3, 0.4) is 0 Å². The zero-order valence-electron chi connectivity index (χ0n) is 13.0. The van der Waals surface area contributed by atoms with E-state index in [2.05, 4.69) is 24.1 Å². The van der Waals surface area contributed by atoms with Crippen LogP contribution in [0.15, 0.2) is 0 Å². The summed E-state index contributed by atoms with van der Waals surface area (Å²) in [6, 6.07) is 1.04. The summed E-state index contributed by atoms with van der Waals surface area (Å²) < 4.78 is 40.7. The number of nitrogens with one attached hydrogen (secondary N) is 1. The monoisotopic (exact) mass is 308 g/mol. The molecule has 2 rings (SSSR count). The molecule has 2 aliphatic rings. The standard InChI is InChI=1S/C15H27F3N2O/c1-11(2)13-9-20(14(8-19-13)12-4-5-12)6-3-7-21-10-15(16,17)18/h11-14,19H,3-10H2,1-2H3. The van der Waals surface area contributed by atoms with E-state index in [1.54, 1.807) is 0 Å². The van der Waals surface area contributed by atoms with Crippen LogP contribution in [0.2, 0.25) is 0 Å². The molecule has 21 heavy (non-hydrogen) atoms. The average Bonchev–Trinajstić information content (AvgIpc) is 3.21. The van der Waals surface area contributed by atoms with Crippen molar-refractivity contribution < 1.29 is 17.9 Å². The molecule has 0 aromatic rings. The molecule has 3 nitrogen and oxygen atoms in total. The van der Waals surface area contributed by atoms with Crippen LogP contribution in [0.25, 0.3) is 0 Å². The van der Waals surface area contributed by atoms with Gasteiger partial charge in [-0.05, 0) is 31.1 Å². The summed E-state index contributed by atoms with van der Waals surface area (Å²) in [6.07, 6.45) is -0.960. The molecule has 2 fully saturated rings. The van der Waals surface area contributed by atoms with Gasteiger partial charge in [0.1, 0.15) is 6.61 Å². The minimum absolute atomic E-state index is 0.188. The van der Waals surface area contributed by atoms with Crippen LogP contribution in [-0.4, -0.2) is 56.0 Å². The SMILES string of the molecule is CC(C)C1CN(CCCOCC(F)(F)F)C(C2CC2)CN1. The topological polar surface area (TPSA) is 24.5 Å². The first-order valence-corrected chi connectivity index (χ1v) is 7.99. The number of piperazine rings is 1. The number of alkyl halides is 3. The molecule has 124 valence electrons. The van der Waals surface area contributed by atoms with Crippen LogP contribution < -0.4 is 5.32 Å². The van der Waals surface area contributed by atoms with Crippen molar-refractivity contribution in [3.05, 3.63) is 0 Å². The minimum Gasteiger partial charge on any atom is -0.372 e. The van der Waals surface area contributed by atoms with Crippen LogP contribution in [0, 0.1) is 11.8 Å². The second kappa shape index (κ2) is 7.29. The van der Waals surface area contributed by atoms with Gasteiger partial charge in [-0.2, -0.15) is 13.2 Å². The molecule has 0 radical (unpaired) electrons. The molecule has 0 aromatic carbocycles. The first-order chi connectivity index (χ1) is 9.87. The summed E-state index contributed by atoms with van der Waals surface area (Å²) in [5.74, 6) is 1.36. The summed E-state index contributed by atoms with van der Waals surface area (Å²) in [4.78, 5) is 2.47. The van der Waals surface area contributed by atoms with E-state index in [1.165, 1.54) is 12.8 Å². The van der Waals surface area contributed by atoms with E-state index in [-0.39, 0.29) is 6.61 Å². The molecule has 2 atom stereocenters. The number of ether oxygens (including phenoxy) is 1. The number of rotatable bonds is 7. The summed E-state index contributed by atoms with van der Waals surface area (Å²) in [5.41, 5.74) is 0. The molecule has 2 unspecified atom stereocenters. The largest absolute Gasteiger partial charge is 0.411 e. The Morgan fingerprint density at radius 1 is 1.29 bits per heavy atom. The molecular weight excluding hydrogens is 281 g/mol. The maximum atomic E-state index is 12.0. The Kier molecular flexibility index (Phi) is 5.91. The van der Waals surface area contributed by atoms with Crippen LogP contribution >= 0.6 is 0 Å². The summed E-state index contributed by atoms with van der Waals surface area (Å²) >= 11 is 0. The van der Waals surface area contributed by atoms with Gasteiger partial charge in [-0.1, -0.05) is 13.8 Å². The van der Waals surface area contributed by atoms with Crippen molar-refractivity contribution in [3.8, 4) is 0 Å². The fourth-order valence-corrected chi connectivity index (χ4v) is 3.06. The van der Waals surface area contributed by atoms with Gasteiger partial charge in [0.15, 0.2) is 0 Å². The summed E-state index contributed by atoms with van der Waals surface area (Å²) in [5, 5.41) is 3.62. The highest BCUT2D eigenvalue weighted by atomic mass is 19.4. The smallest absolute Gasteiger partial charge is 0.372 e. The highest BCUT2D eigenvalue weighted by molar-refractivity contribution is 4.95. The Balaban J connectivity index is 1.72. The van der Waals surface area contributed by atoms with Gasteiger partial charge in [0, 0.05) is 38.3 Å². The first kappa shape index (κ1) is 17.0. The quantitative estimate of drug-likeness (QED) is 0.732. The van der Waals surface area contributed by atoms with Crippen molar-refractivity contribution in [3.63, 3.8) is 0 Å². The summed E-state index contributed by atoms with van der Waals surface area (Å²) in [7, 11) is 0. The fraction of sp³-hybridized carbons (Fsp3) is 1.00. The van der Waals surface area contributed by atoms with E-state index in [9.17, 15) is 13.2 Å². The molecule has 1 saturated carbocycles. The molecular formula is C15H27F3N2O. The van der Waals surface area contributed by atoms with Gasteiger partial charge in [-0.3, -0.25) is 4.90 Å². The molecule has 0 bridgehead atoms. The van der Waals surface area contributed by atoms with E-state index < -0.39 is 12.8 Å². The highest BCUT2D eigenvalue weighted by Gasteiger charge is 2.38. The van der Waals surface area contributed by atoms with Gasteiger partial charge in [-0.15, -0.1) is 0 Å². The molecule has 0 spiro atoms. The Hall–Kier alpha value is -0.330. The minimum atomic E-state index is -4.21. The molecule has 1 aliphatic heterocycles. The van der Waals surface area contributed by atoms with E-state index in [4.69, 9.17) is 4.74 Å². The lowest BCUT2D eigenvalue weighted by molar-refractivity contribution is -0.174. The predicted molar refractivity (Wildman–Crippen MR) is 76.2 cm³/mol. The third kappa shape index (κ3) is 5.75. The lowest BCUT2D eigenvalue weighted by Gasteiger charge is -2.42. The van der Waals surface area contributed by atoms with Crippen molar-refractivity contribution in [2.45, 2.75) is 51.4 Å². The molecule has 0 amide bonds. The maximum absolute atomic E-state index is 12.0. The fourth-order valence-electron chi connectivity index (χ4n) is 3.06. The summed E-state index contributed by atoms with van der Waals surface area (Å²) in [6.45, 7) is 6.32. The highest BCUT2D eigenvalue weighted by Crippen LogP contribution is 2.36. The first-order valence-electron chi connectivity index (χ1n) is 7.99. The van der Waals surface area contributed by atoms with Crippen LogP contribution in [0.1, 0.15) is 33.1 Å². The van der Waals surface area contributed by atoms with Crippen molar-refractivity contribution >= 4 is 0 Å². The molecule has 1 N–H and O–H groups in total. The van der Waals surface area contributed by atoms with Crippen molar-refractivity contribution in [1.82, 2.24) is 10.2 Å². The van der Waals surface area contributed by atoms with Crippen molar-refractivity contribution in [2.24, 2.45) is 11.8 Å². The Morgan fingerprint density at radius 2 is 2.00 bits per heavy atom. The average molecular weight is 308 g/mol. The third-order valence-corrected chi connectivity index (χ3v) is 4.46. The molecule has 1 heterocycles. The van der Waals surface area contributed by atoms with Crippen molar-refractivity contribution in [2.75, 3.05) is 32.8 Å². The van der Waals surface area contributed by atoms with E-state index in [0.29, 0.717) is 24.4 Å². The zero-order chi connectivity index (χ0) is 15.5. The number of hydrogen-bond donors (Lipinski definition) is 1. The van der Waals surface area contributed by atoms with Crippen LogP contribution in [0.4, 0.5) is 13.2 Å². The number of nitrogens with zero attached hydrogens (tertiary/aromatic N) is 1. The molecule has 1 saturated heterocycles. The van der Waals surface area contributed by atoms with Gasteiger partial charge < -0.3 is 10.1 Å². The number of hydrogen-bond acceptors (Lipinski definition) is 3. The zero-order valence-corrected chi connectivity index (χ0v) is 13.0. The van der Waals surface area contributed by atoms with Crippen molar-refractivity contribution in [1.29, 1.82) is 0 Å². The van der Waals surface area contributed by atoms with E-state index in [0.717, 1.165) is 25.6 Å². The lowest BCUT2D eigenvalue weighted by Crippen LogP contribution is -2.59. The third-order valence-electron chi connectivity index (χ3n) is 4.46. The normalized spacial score (nSPS) is 28.3. The lowest BCUT2D eigenvalue weighted by atomic mass is 9.97. The van der Waals surface area contributed by atoms with Gasteiger partial charge >= 0.3 is 6.18 Å². The molecule has 1 aliphatic carbocycles. The van der Waals surface area contributed by atoms with Gasteiger partial charge in [0.05, 0.1) is 0 Å². The van der Waals surface area contributed by atoms with Crippen LogP contribution in [-0.2, 0) is 4.74 Å². The molecule has 0 aromatic heterocycles. The number of halogens is 3. The van der Waals surface area contributed by atoms with Gasteiger partial charge in [-0.25, -0.2) is 0 Å². The van der Waals surface area contributed by atoms with Crippen LogP contribution in [0.5, 0.6) is 0 Å². The second-order valence-corrected chi connectivity index (χ2v) is 6.68. The van der Waals surface area contributed by atoms with E-state index in [1.807, 2.05) is 0 Å².